The Morgan fingerprint density at radius 2 is 1.96 bits per heavy atom. The molecule has 3 aromatic rings. The van der Waals surface area contributed by atoms with Gasteiger partial charge in [-0.2, -0.15) is 0 Å². The summed E-state index contributed by atoms with van der Waals surface area (Å²) in [5, 5.41) is 3.21. The number of hydrogen-bond donors (Lipinski definition) is 1. The van der Waals surface area contributed by atoms with Gasteiger partial charge in [0, 0.05) is 21.8 Å². The first-order valence-corrected chi connectivity index (χ1v) is 8.93. The molecule has 0 saturated carbocycles. The van der Waals surface area contributed by atoms with Gasteiger partial charge in [-0.1, -0.05) is 29.3 Å². The molecule has 144 valence electrons. The minimum absolute atomic E-state index is 0.105. The molecule has 0 atom stereocenters. The van der Waals surface area contributed by atoms with E-state index in [1.165, 1.54) is 54.3 Å². The fourth-order valence-corrected chi connectivity index (χ4v) is 3.05. The zero-order valence-electron chi connectivity index (χ0n) is 14.7. The largest absolute Gasteiger partial charge is 0.495 e. The molecule has 0 radical (unpaired) electrons. The minimum Gasteiger partial charge on any atom is -0.495 e. The molecule has 1 aromatic heterocycles. The highest BCUT2D eigenvalue weighted by molar-refractivity contribution is 6.31. The third kappa shape index (κ3) is 4.18. The summed E-state index contributed by atoms with van der Waals surface area (Å²) in [6, 6.07) is 11.9. The summed E-state index contributed by atoms with van der Waals surface area (Å²) < 4.78 is 20.4. The Bertz CT molecular complexity index is 1080. The molecule has 0 aliphatic heterocycles. The number of aromatic nitrogens is 1. The number of halogens is 3. The average Bonchev–Trinajstić information content (AvgIpc) is 2.66. The van der Waals surface area contributed by atoms with Gasteiger partial charge in [0.2, 0.25) is 0 Å². The number of rotatable bonds is 5. The second-order valence-corrected chi connectivity index (χ2v) is 6.70. The van der Waals surface area contributed by atoms with Crippen molar-refractivity contribution in [1.29, 1.82) is 0 Å². The van der Waals surface area contributed by atoms with Crippen molar-refractivity contribution in [2.24, 2.45) is 0 Å². The highest BCUT2D eigenvalue weighted by Crippen LogP contribution is 2.28. The third-order valence-corrected chi connectivity index (χ3v) is 4.65. The number of pyridine rings is 1. The Kier molecular flexibility index (Phi) is 6.02. The molecule has 0 spiro atoms. The van der Waals surface area contributed by atoms with E-state index in [1.54, 1.807) is 12.1 Å². The van der Waals surface area contributed by atoms with E-state index in [0.717, 1.165) is 0 Å². The number of amides is 1. The zero-order valence-corrected chi connectivity index (χ0v) is 16.2. The molecule has 1 N–H and O–H groups in total. The van der Waals surface area contributed by atoms with Crippen LogP contribution in [0.4, 0.5) is 10.1 Å². The maximum Gasteiger partial charge on any atom is 0.263 e. The molecule has 1 amide bonds. The lowest BCUT2D eigenvalue weighted by atomic mass is 10.2. The Morgan fingerprint density at radius 1 is 1.18 bits per heavy atom. The molecule has 2 aromatic carbocycles. The maximum atomic E-state index is 14.0. The van der Waals surface area contributed by atoms with E-state index < -0.39 is 17.3 Å². The van der Waals surface area contributed by atoms with Crippen LogP contribution < -0.4 is 15.6 Å². The van der Waals surface area contributed by atoms with Gasteiger partial charge in [0.15, 0.2) is 0 Å². The van der Waals surface area contributed by atoms with E-state index in [9.17, 15) is 14.0 Å². The van der Waals surface area contributed by atoms with Gasteiger partial charge in [-0.25, -0.2) is 4.39 Å². The summed E-state index contributed by atoms with van der Waals surface area (Å²) in [5.74, 6) is -0.774. The second-order valence-electron chi connectivity index (χ2n) is 5.85. The summed E-state index contributed by atoms with van der Waals surface area (Å²) in [6.45, 7) is -0.105. The highest BCUT2D eigenvalue weighted by atomic mass is 35.5. The van der Waals surface area contributed by atoms with E-state index in [4.69, 9.17) is 27.9 Å². The van der Waals surface area contributed by atoms with Crippen LogP contribution in [0.1, 0.15) is 15.9 Å². The van der Waals surface area contributed by atoms with E-state index in [-0.39, 0.29) is 22.7 Å². The number of methoxy groups -OCH3 is 1. The summed E-state index contributed by atoms with van der Waals surface area (Å²) in [4.78, 5) is 25.4. The first kappa shape index (κ1) is 19.9. The highest BCUT2D eigenvalue weighted by Gasteiger charge is 2.16. The molecule has 8 heteroatoms. The lowest BCUT2D eigenvalue weighted by Crippen LogP contribution is -2.29. The molecule has 0 aliphatic carbocycles. The molecular formula is C20H15Cl2FN2O3. The van der Waals surface area contributed by atoms with Gasteiger partial charge in [-0.3, -0.25) is 9.59 Å². The number of anilines is 1. The summed E-state index contributed by atoms with van der Waals surface area (Å²) in [7, 11) is 1.45. The quantitative estimate of drug-likeness (QED) is 0.655. The van der Waals surface area contributed by atoms with Crippen LogP contribution in [0.15, 0.2) is 59.5 Å². The first-order chi connectivity index (χ1) is 13.4. The van der Waals surface area contributed by atoms with E-state index in [2.05, 4.69) is 5.32 Å². The molecule has 5 nitrogen and oxygen atoms in total. The monoisotopic (exact) mass is 420 g/mol. The van der Waals surface area contributed by atoms with E-state index >= 15 is 0 Å². The summed E-state index contributed by atoms with van der Waals surface area (Å²) in [6.07, 6.45) is 1.46. The van der Waals surface area contributed by atoms with Crippen molar-refractivity contribution >= 4 is 34.8 Å². The number of hydrogen-bond acceptors (Lipinski definition) is 3. The molecule has 1 heterocycles. The van der Waals surface area contributed by atoms with Crippen molar-refractivity contribution in [3.8, 4) is 5.75 Å². The standard InChI is InChI=1S/C20H15Cl2FN2O3/c1-28-18-8-7-12(21)10-17(18)24-19(26)13-4-3-9-25(20(13)27)11-14-15(22)5-2-6-16(14)23/h2-10H,11H2,1H3,(H,24,26). The number of nitrogens with one attached hydrogen (secondary N) is 1. The average molecular weight is 421 g/mol. The lowest BCUT2D eigenvalue weighted by Gasteiger charge is -2.12. The van der Waals surface area contributed by atoms with Crippen molar-refractivity contribution in [1.82, 2.24) is 4.57 Å². The van der Waals surface area contributed by atoms with Crippen LogP contribution in [0, 0.1) is 5.82 Å². The van der Waals surface area contributed by atoms with Crippen LogP contribution in [-0.2, 0) is 6.54 Å². The predicted octanol–water partition coefficient (Wildman–Crippen LogP) is 4.60. The maximum absolute atomic E-state index is 14.0. The van der Waals surface area contributed by atoms with Crippen LogP contribution in [0.3, 0.4) is 0 Å². The fourth-order valence-electron chi connectivity index (χ4n) is 2.66. The topological polar surface area (TPSA) is 60.3 Å². The van der Waals surface area contributed by atoms with Gasteiger partial charge in [0.25, 0.3) is 11.5 Å². The first-order valence-electron chi connectivity index (χ1n) is 8.18. The van der Waals surface area contributed by atoms with Crippen LogP contribution in [0.2, 0.25) is 10.0 Å². The third-order valence-electron chi connectivity index (χ3n) is 4.06. The molecule has 0 aliphatic rings. The van der Waals surface area contributed by atoms with E-state index in [0.29, 0.717) is 16.5 Å². The van der Waals surface area contributed by atoms with Crippen molar-refractivity contribution < 1.29 is 13.9 Å². The molecule has 0 unspecified atom stereocenters. The Balaban J connectivity index is 1.92. The molecular weight excluding hydrogens is 406 g/mol. The van der Waals surface area contributed by atoms with Gasteiger partial charge in [0.05, 0.1) is 19.3 Å². The summed E-state index contributed by atoms with van der Waals surface area (Å²) in [5.41, 5.74) is -0.204. The number of ether oxygens (including phenoxy) is 1. The van der Waals surface area contributed by atoms with Crippen molar-refractivity contribution in [2.45, 2.75) is 6.54 Å². The Hall–Kier alpha value is -2.83. The molecule has 0 saturated heterocycles. The van der Waals surface area contributed by atoms with Gasteiger partial charge in [-0.15, -0.1) is 0 Å². The minimum atomic E-state index is -0.639. The van der Waals surface area contributed by atoms with Gasteiger partial charge >= 0.3 is 0 Å². The molecule has 0 fully saturated rings. The number of benzene rings is 2. The number of carbonyl (C=O) groups excluding carboxylic acids is 1. The zero-order chi connectivity index (χ0) is 20.3. The molecule has 3 rings (SSSR count). The smallest absolute Gasteiger partial charge is 0.263 e. The van der Waals surface area contributed by atoms with Crippen LogP contribution in [0.5, 0.6) is 5.75 Å². The van der Waals surface area contributed by atoms with Crippen molar-refractivity contribution in [2.75, 3.05) is 12.4 Å². The Morgan fingerprint density at radius 3 is 2.68 bits per heavy atom. The van der Waals surface area contributed by atoms with Crippen molar-refractivity contribution in [3.05, 3.63) is 92.1 Å². The van der Waals surface area contributed by atoms with E-state index in [1.807, 2.05) is 0 Å². The van der Waals surface area contributed by atoms with Crippen LogP contribution >= 0.6 is 23.2 Å². The SMILES string of the molecule is COc1ccc(Cl)cc1NC(=O)c1cccn(Cc2c(F)cccc2Cl)c1=O. The lowest BCUT2D eigenvalue weighted by molar-refractivity contribution is 0.102. The van der Waals surface area contributed by atoms with Gasteiger partial charge in [-0.05, 0) is 42.5 Å². The predicted molar refractivity (Wildman–Crippen MR) is 107 cm³/mol. The van der Waals surface area contributed by atoms with Gasteiger partial charge in [0.1, 0.15) is 17.1 Å². The van der Waals surface area contributed by atoms with Crippen LogP contribution in [0.25, 0.3) is 0 Å². The summed E-state index contributed by atoms with van der Waals surface area (Å²) >= 11 is 12.0. The number of nitrogens with zero attached hydrogens (tertiary/aromatic N) is 1. The Labute approximate surface area is 170 Å². The normalized spacial score (nSPS) is 10.6. The molecule has 0 bridgehead atoms. The van der Waals surface area contributed by atoms with Crippen LogP contribution in [-0.4, -0.2) is 17.6 Å². The second kappa shape index (κ2) is 8.46. The van der Waals surface area contributed by atoms with Gasteiger partial charge < -0.3 is 14.6 Å². The van der Waals surface area contributed by atoms with Crippen molar-refractivity contribution in [3.63, 3.8) is 0 Å². The fraction of sp³-hybridized carbons (Fsp3) is 0.100. The molecule has 28 heavy (non-hydrogen) atoms. The number of carbonyl (C=O) groups is 1.